The largest absolute Gasteiger partial charge is 0.497 e. The van der Waals surface area contributed by atoms with Gasteiger partial charge in [0.2, 0.25) is 5.91 Å². The van der Waals surface area contributed by atoms with Gasteiger partial charge in [0.15, 0.2) is 0 Å². The third-order valence-electron chi connectivity index (χ3n) is 4.09. The SMILES string of the molecule is COc1ccc(CC(=O)Nc2cccc(OCc3cccnc3)c2)c(OC)c1. The second-order valence-corrected chi connectivity index (χ2v) is 6.08. The van der Waals surface area contributed by atoms with Crippen LogP contribution in [0.5, 0.6) is 17.2 Å². The van der Waals surface area contributed by atoms with E-state index < -0.39 is 0 Å². The number of benzene rings is 2. The molecule has 3 aromatic rings. The number of ether oxygens (including phenoxy) is 3. The molecular weight excluding hydrogens is 356 g/mol. The lowest BCUT2D eigenvalue weighted by Gasteiger charge is -2.12. The van der Waals surface area contributed by atoms with Gasteiger partial charge in [-0.05, 0) is 24.3 Å². The molecule has 0 spiro atoms. The Bertz CT molecular complexity index is 929. The summed E-state index contributed by atoms with van der Waals surface area (Å²) in [7, 11) is 3.16. The molecule has 0 aliphatic carbocycles. The van der Waals surface area contributed by atoms with Crippen molar-refractivity contribution in [3.05, 3.63) is 78.1 Å². The van der Waals surface area contributed by atoms with Gasteiger partial charge in [-0.25, -0.2) is 0 Å². The van der Waals surface area contributed by atoms with E-state index >= 15 is 0 Å². The van der Waals surface area contributed by atoms with E-state index in [1.807, 2.05) is 36.4 Å². The fourth-order valence-electron chi connectivity index (χ4n) is 2.69. The van der Waals surface area contributed by atoms with Crippen molar-refractivity contribution in [3.63, 3.8) is 0 Å². The van der Waals surface area contributed by atoms with E-state index in [1.54, 1.807) is 44.8 Å². The number of pyridine rings is 1. The molecule has 1 N–H and O–H groups in total. The molecule has 0 aliphatic heterocycles. The van der Waals surface area contributed by atoms with Crippen molar-refractivity contribution in [3.8, 4) is 17.2 Å². The topological polar surface area (TPSA) is 69.7 Å². The maximum Gasteiger partial charge on any atom is 0.228 e. The Morgan fingerprint density at radius 3 is 2.64 bits per heavy atom. The van der Waals surface area contributed by atoms with Gasteiger partial charge in [-0.1, -0.05) is 18.2 Å². The van der Waals surface area contributed by atoms with Gasteiger partial charge < -0.3 is 19.5 Å². The van der Waals surface area contributed by atoms with Crippen LogP contribution in [0.1, 0.15) is 11.1 Å². The Hall–Kier alpha value is -3.54. The van der Waals surface area contributed by atoms with E-state index in [2.05, 4.69) is 10.3 Å². The van der Waals surface area contributed by atoms with Gasteiger partial charge in [-0.2, -0.15) is 0 Å². The fourth-order valence-corrected chi connectivity index (χ4v) is 2.69. The van der Waals surface area contributed by atoms with E-state index in [0.29, 0.717) is 29.5 Å². The molecule has 0 radical (unpaired) electrons. The molecule has 1 amide bonds. The lowest BCUT2D eigenvalue weighted by atomic mass is 10.1. The minimum atomic E-state index is -0.145. The highest BCUT2D eigenvalue weighted by molar-refractivity contribution is 5.92. The van der Waals surface area contributed by atoms with Crippen molar-refractivity contribution in [2.45, 2.75) is 13.0 Å². The smallest absolute Gasteiger partial charge is 0.228 e. The van der Waals surface area contributed by atoms with Crippen molar-refractivity contribution in [2.75, 3.05) is 19.5 Å². The summed E-state index contributed by atoms with van der Waals surface area (Å²) in [6.07, 6.45) is 3.67. The summed E-state index contributed by atoms with van der Waals surface area (Å²) in [6.45, 7) is 0.411. The van der Waals surface area contributed by atoms with Crippen LogP contribution in [0.4, 0.5) is 5.69 Å². The second-order valence-electron chi connectivity index (χ2n) is 6.08. The van der Waals surface area contributed by atoms with Crippen LogP contribution in [-0.4, -0.2) is 25.1 Å². The summed E-state index contributed by atoms with van der Waals surface area (Å²) in [5.41, 5.74) is 2.43. The summed E-state index contributed by atoms with van der Waals surface area (Å²) < 4.78 is 16.3. The van der Waals surface area contributed by atoms with E-state index in [4.69, 9.17) is 14.2 Å². The minimum Gasteiger partial charge on any atom is -0.497 e. The van der Waals surface area contributed by atoms with Crippen LogP contribution >= 0.6 is 0 Å². The molecule has 0 saturated heterocycles. The lowest BCUT2D eigenvalue weighted by molar-refractivity contribution is -0.115. The maximum absolute atomic E-state index is 12.4. The molecule has 144 valence electrons. The Balaban J connectivity index is 1.61. The number of aromatic nitrogens is 1. The quantitative estimate of drug-likeness (QED) is 0.645. The molecular formula is C22H22N2O4. The molecule has 0 atom stereocenters. The van der Waals surface area contributed by atoms with Crippen LogP contribution in [0.15, 0.2) is 67.0 Å². The van der Waals surface area contributed by atoms with Gasteiger partial charge in [0.05, 0.1) is 20.6 Å². The van der Waals surface area contributed by atoms with Crippen molar-refractivity contribution in [2.24, 2.45) is 0 Å². The van der Waals surface area contributed by atoms with Gasteiger partial charge in [-0.15, -0.1) is 0 Å². The highest BCUT2D eigenvalue weighted by Crippen LogP contribution is 2.25. The van der Waals surface area contributed by atoms with E-state index in [1.165, 1.54) is 0 Å². The first-order valence-electron chi connectivity index (χ1n) is 8.80. The maximum atomic E-state index is 12.4. The van der Waals surface area contributed by atoms with Crippen LogP contribution in [0.2, 0.25) is 0 Å². The molecule has 6 heteroatoms. The number of hydrogen-bond donors (Lipinski definition) is 1. The zero-order valence-corrected chi connectivity index (χ0v) is 15.8. The minimum absolute atomic E-state index is 0.145. The number of anilines is 1. The van der Waals surface area contributed by atoms with E-state index in [0.717, 1.165) is 11.1 Å². The Kier molecular flexibility index (Phi) is 6.46. The molecule has 1 heterocycles. The summed E-state index contributed by atoms with van der Waals surface area (Å²) in [6, 6.07) is 16.5. The summed E-state index contributed by atoms with van der Waals surface area (Å²) in [4.78, 5) is 16.5. The normalized spacial score (nSPS) is 10.2. The van der Waals surface area contributed by atoms with Gasteiger partial charge in [0, 0.05) is 41.3 Å². The Labute approximate surface area is 164 Å². The number of hydrogen-bond acceptors (Lipinski definition) is 5. The number of amides is 1. The number of nitrogens with one attached hydrogen (secondary N) is 1. The summed E-state index contributed by atoms with van der Waals surface area (Å²) in [5.74, 6) is 1.82. The van der Waals surface area contributed by atoms with Gasteiger partial charge in [0.1, 0.15) is 23.9 Å². The highest BCUT2D eigenvalue weighted by atomic mass is 16.5. The molecule has 0 bridgehead atoms. The van der Waals surface area contributed by atoms with Crippen LogP contribution in [0, 0.1) is 0 Å². The molecule has 28 heavy (non-hydrogen) atoms. The third-order valence-corrected chi connectivity index (χ3v) is 4.09. The molecule has 3 rings (SSSR count). The number of carbonyl (C=O) groups is 1. The second kappa shape index (κ2) is 9.41. The first-order valence-corrected chi connectivity index (χ1v) is 8.80. The Morgan fingerprint density at radius 2 is 1.89 bits per heavy atom. The van der Waals surface area contributed by atoms with E-state index in [9.17, 15) is 4.79 Å². The molecule has 2 aromatic carbocycles. The van der Waals surface area contributed by atoms with Crippen LogP contribution in [0.25, 0.3) is 0 Å². The molecule has 1 aromatic heterocycles. The van der Waals surface area contributed by atoms with Crippen molar-refractivity contribution >= 4 is 11.6 Å². The monoisotopic (exact) mass is 378 g/mol. The van der Waals surface area contributed by atoms with Crippen LogP contribution in [0.3, 0.4) is 0 Å². The highest BCUT2D eigenvalue weighted by Gasteiger charge is 2.11. The van der Waals surface area contributed by atoms with Crippen molar-refractivity contribution in [1.29, 1.82) is 0 Å². The van der Waals surface area contributed by atoms with E-state index in [-0.39, 0.29) is 12.3 Å². The summed E-state index contributed by atoms with van der Waals surface area (Å²) >= 11 is 0. The molecule has 0 fully saturated rings. The predicted octanol–water partition coefficient (Wildman–Crippen LogP) is 3.86. The number of nitrogens with zero attached hydrogens (tertiary/aromatic N) is 1. The first-order chi connectivity index (χ1) is 13.7. The molecule has 6 nitrogen and oxygen atoms in total. The van der Waals surface area contributed by atoms with Crippen LogP contribution < -0.4 is 19.5 Å². The average Bonchev–Trinajstić information content (AvgIpc) is 2.73. The van der Waals surface area contributed by atoms with Crippen molar-refractivity contribution in [1.82, 2.24) is 4.98 Å². The molecule has 0 saturated carbocycles. The molecule has 0 unspecified atom stereocenters. The zero-order chi connectivity index (χ0) is 19.8. The number of carbonyl (C=O) groups excluding carboxylic acids is 1. The standard InChI is InChI=1S/C22H22N2O4/c1-26-19-9-8-17(21(13-19)27-2)11-22(25)24-18-6-3-7-20(12-18)28-15-16-5-4-10-23-14-16/h3-10,12-14H,11,15H2,1-2H3,(H,24,25). The predicted molar refractivity (Wildman–Crippen MR) is 107 cm³/mol. The number of methoxy groups -OCH3 is 2. The van der Waals surface area contributed by atoms with Crippen molar-refractivity contribution < 1.29 is 19.0 Å². The summed E-state index contributed by atoms with van der Waals surface area (Å²) in [5, 5.41) is 2.89. The average molecular weight is 378 g/mol. The van der Waals surface area contributed by atoms with Gasteiger partial charge in [0.25, 0.3) is 0 Å². The third kappa shape index (κ3) is 5.23. The van der Waals surface area contributed by atoms with Crippen LogP contribution in [-0.2, 0) is 17.8 Å². The van der Waals surface area contributed by atoms with Gasteiger partial charge >= 0.3 is 0 Å². The number of rotatable bonds is 8. The fraction of sp³-hybridized carbons (Fsp3) is 0.182. The first kappa shape index (κ1) is 19.2. The zero-order valence-electron chi connectivity index (χ0n) is 15.8. The van der Waals surface area contributed by atoms with Gasteiger partial charge in [-0.3, -0.25) is 9.78 Å². The lowest BCUT2D eigenvalue weighted by Crippen LogP contribution is -2.15. The Morgan fingerprint density at radius 1 is 1.00 bits per heavy atom. The molecule has 0 aliphatic rings.